The monoisotopic (exact) mass is 845 g/mol. The fourth-order valence-corrected chi connectivity index (χ4v) is 10.1. The largest absolute Gasteiger partial charge is 0.448 e. The maximum absolute atomic E-state index is 12.7. The van der Waals surface area contributed by atoms with Crippen molar-refractivity contribution in [1.29, 1.82) is 0 Å². The molecule has 2 aromatic heterocycles. The maximum Gasteiger partial charge on any atom is 0.244 e. The van der Waals surface area contributed by atoms with Crippen molar-refractivity contribution in [1.82, 2.24) is 31.6 Å². The second-order valence-electron chi connectivity index (χ2n) is 18.6. The number of rotatable bonds is 23. The highest BCUT2D eigenvalue weighted by Crippen LogP contribution is 2.33. The van der Waals surface area contributed by atoms with E-state index in [0.717, 1.165) is 67.6 Å². The van der Waals surface area contributed by atoms with Crippen molar-refractivity contribution >= 4 is 11.8 Å². The van der Waals surface area contributed by atoms with Crippen LogP contribution in [-0.4, -0.2) is 39.1 Å². The molecular weight excluding hydrogens is 769 g/mol. The first-order valence-corrected chi connectivity index (χ1v) is 24.2. The van der Waals surface area contributed by atoms with Crippen LogP contribution in [0.2, 0.25) is 0 Å². The molecule has 0 aliphatic heterocycles. The Morgan fingerprint density at radius 1 is 0.639 bits per heavy atom. The van der Waals surface area contributed by atoms with Gasteiger partial charge in [-0.05, 0) is 55.9 Å². The van der Waals surface area contributed by atoms with Gasteiger partial charge in [-0.15, -0.1) is 0 Å². The van der Waals surface area contributed by atoms with Crippen molar-refractivity contribution in [2.75, 3.05) is 0 Å². The van der Waals surface area contributed by atoms with E-state index in [-0.39, 0.29) is 30.1 Å². The normalized spacial score (nSPS) is 19.0. The van der Waals surface area contributed by atoms with E-state index in [0.29, 0.717) is 36.9 Å². The molecule has 4 fully saturated rings. The van der Waals surface area contributed by atoms with Gasteiger partial charge in [0.2, 0.25) is 11.8 Å². The van der Waals surface area contributed by atoms with Crippen molar-refractivity contribution in [2.45, 2.75) is 211 Å². The van der Waals surface area contributed by atoms with Gasteiger partial charge in [-0.2, -0.15) is 0 Å². The quantitative estimate of drug-likeness (QED) is 0.0458. The van der Waals surface area contributed by atoms with E-state index in [4.69, 9.17) is 23.9 Å². The van der Waals surface area contributed by atoms with Crippen LogP contribution in [0.5, 0.6) is 0 Å². The predicted octanol–water partition coefficient (Wildman–Crippen LogP) is 10.6. The number of aromatic nitrogens is 2. The second-order valence-corrected chi connectivity index (χ2v) is 18.6. The number of nitrogens with zero attached hydrogens (tertiary/aromatic N) is 2. The van der Waals surface area contributed by atoms with Gasteiger partial charge in [-0.1, -0.05) is 146 Å². The van der Waals surface area contributed by atoms with Crippen LogP contribution in [0.15, 0.2) is 51.7 Å². The summed E-state index contributed by atoms with van der Waals surface area (Å²) in [6.45, 7) is 1.80. The third-order valence-electron chi connectivity index (χ3n) is 13.7. The molecule has 3 aromatic rings. The molecule has 338 valence electrons. The molecule has 4 aliphatic carbocycles. The summed E-state index contributed by atoms with van der Waals surface area (Å²) in [5, 5.41) is 16.1. The molecule has 12 nitrogen and oxygen atoms in total. The fraction of sp³-hybridized carbons (Fsp3) is 0.714. The Morgan fingerprint density at radius 3 is 1.57 bits per heavy atom. The number of benzene rings is 1. The van der Waals surface area contributed by atoms with Gasteiger partial charge in [0.25, 0.3) is 0 Å². The summed E-state index contributed by atoms with van der Waals surface area (Å²) in [7, 11) is 0. The van der Waals surface area contributed by atoms with Crippen LogP contribution in [0.25, 0.3) is 0 Å². The van der Waals surface area contributed by atoms with Crippen molar-refractivity contribution in [3.05, 3.63) is 71.6 Å². The molecule has 61 heavy (non-hydrogen) atoms. The average Bonchev–Trinajstić information content (AvgIpc) is 4.15. The summed E-state index contributed by atoms with van der Waals surface area (Å²) in [5.74, 6) is 2.40. The Labute approximate surface area is 364 Å². The fourth-order valence-electron chi connectivity index (χ4n) is 10.1. The van der Waals surface area contributed by atoms with Crippen LogP contribution in [0.4, 0.5) is 0 Å². The zero-order valence-electron chi connectivity index (χ0n) is 36.9. The van der Waals surface area contributed by atoms with E-state index < -0.39 is 0 Å². The van der Waals surface area contributed by atoms with Crippen molar-refractivity contribution in [3.63, 3.8) is 0 Å². The number of carbonyl (C=O) groups excluding carboxylic acids is 2. The van der Waals surface area contributed by atoms with E-state index in [1.54, 1.807) is 18.0 Å². The van der Waals surface area contributed by atoms with Crippen LogP contribution in [-0.2, 0) is 34.1 Å². The summed E-state index contributed by atoms with van der Waals surface area (Å²) < 4.78 is 11.6. The third-order valence-corrected chi connectivity index (χ3v) is 13.7. The van der Waals surface area contributed by atoms with Gasteiger partial charge in [0.05, 0.1) is 18.0 Å². The molecule has 2 heterocycles. The summed E-state index contributed by atoms with van der Waals surface area (Å²) in [6, 6.07) is 11.0. The first-order valence-electron chi connectivity index (χ1n) is 24.2. The highest BCUT2D eigenvalue weighted by atomic mass is 16.6. The molecule has 0 unspecified atom stereocenters. The summed E-state index contributed by atoms with van der Waals surface area (Å²) in [6.07, 6.45) is 34.3. The molecular formula is C49H76N6O6. The predicted molar refractivity (Wildman–Crippen MR) is 236 cm³/mol. The lowest BCUT2D eigenvalue weighted by Gasteiger charge is -2.22. The Balaban J connectivity index is 0.000000210. The van der Waals surface area contributed by atoms with Gasteiger partial charge in [0.15, 0.2) is 11.8 Å². The molecule has 0 bridgehead atoms. The smallest absolute Gasteiger partial charge is 0.244 e. The van der Waals surface area contributed by atoms with Gasteiger partial charge in [-0.3, -0.25) is 19.6 Å². The first kappa shape index (κ1) is 46.9. The second kappa shape index (κ2) is 26.8. The summed E-state index contributed by atoms with van der Waals surface area (Å²) in [5.41, 5.74) is 7.23. The lowest BCUT2D eigenvalue weighted by atomic mass is 9.84. The Bertz CT molecular complexity index is 1640. The van der Waals surface area contributed by atoms with Crippen molar-refractivity contribution in [2.24, 2.45) is 11.8 Å². The van der Waals surface area contributed by atoms with Crippen LogP contribution in [0.3, 0.4) is 0 Å². The van der Waals surface area contributed by atoms with Crippen LogP contribution < -0.4 is 21.6 Å². The Hall–Kier alpha value is -3.58. The standard InChI is InChI=1S/C28H41N3O3.C21H35N3O3/c32-27(31-34-20-23-12-5-2-6-13-23)18-24(15-9-14-22-10-3-1-4-11-22)28-30-26(21-33-28)19-29-25-16-7-8-17-25;25-20(24-26)13-17(10-6-9-16-7-2-1-3-8-16)21-23-19(15-27-21)14-22-18-11-4-5-12-18/h2,5-6,12-13,21-22,24-25,29H,1,3-4,7-11,14-20H2,(H,31,32);15-18,22,26H,1-14H2,(H,24,25)/t24-;17-/m11/s1. The number of nitrogens with one attached hydrogen (secondary N) is 4. The summed E-state index contributed by atoms with van der Waals surface area (Å²) >= 11 is 0. The Kier molecular flexibility index (Phi) is 20.6. The van der Waals surface area contributed by atoms with E-state index in [1.165, 1.54) is 128 Å². The Morgan fingerprint density at radius 2 is 1.10 bits per heavy atom. The van der Waals surface area contributed by atoms with E-state index in [2.05, 4.69) is 21.1 Å². The van der Waals surface area contributed by atoms with E-state index >= 15 is 0 Å². The van der Waals surface area contributed by atoms with Gasteiger partial charge in [0.1, 0.15) is 12.5 Å². The van der Waals surface area contributed by atoms with Gasteiger partial charge in [-0.25, -0.2) is 20.9 Å². The van der Waals surface area contributed by atoms with E-state index in [1.807, 2.05) is 30.3 Å². The molecule has 4 aliphatic rings. The minimum atomic E-state index is -0.374. The highest BCUT2D eigenvalue weighted by molar-refractivity contribution is 5.75. The minimum absolute atomic E-state index is 0.0239. The zero-order valence-corrected chi connectivity index (χ0v) is 36.9. The lowest BCUT2D eigenvalue weighted by Crippen LogP contribution is -2.26. The number of hydrogen-bond acceptors (Lipinski definition) is 10. The molecule has 7 rings (SSSR count). The van der Waals surface area contributed by atoms with Crippen LogP contribution in [0.1, 0.15) is 208 Å². The van der Waals surface area contributed by atoms with Gasteiger partial charge >= 0.3 is 0 Å². The molecule has 0 saturated heterocycles. The van der Waals surface area contributed by atoms with Gasteiger partial charge in [0, 0.05) is 49.9 Å². The molecule has 4 saturated carbocycles. The molecule has 0 spiro atoms. The lowest BCUT2D eigenvalue weighted by molar-refractivity contribution is -0.135. The SMILES string of the molecule is O=C(C[C@@H](CCCC1CCCCC1)c1nc(CNC2CCCC2)co1)NO.O=C(C[C@@H](CCCC1CCCCC1)c1nc(CNC2CCCC2)co1)NOCc1ccccc1. The van der Waals surface area contributed by atoms with Crippen LogP contribution >= 0.6 is 0 Å². The van der Waals surface area contributed by atoms with Crippen LogP contribution in [0, 0.1) is 11.8 Å². The third kappa shape index (κ3) is 17.2. The molecule has 2 amide bonds. The topological polar surface area (TPSA) is 164 Å². The summed E-state index contributed by atoms with van der Waals surface area (Å²) in [4.78, 5) is 39.3. The number of carbonyl (C=O) groups is 2. The molecule has 2 atom stereocenters. The number of hydrogen-bond donors (Lipinski definition) is 5. The molecule has 12 heteroatoms. The first-order chi connectivity index (χ1) is 30.0. The highest BCUT2D eigenvalue weighted by Gasteiger charge is 2.25. The molecule has 1 aromatic carbocycles. The maximum atomic E-state index is 12.7. The van der Waals surface area contributed by atoms with Crippen molar-refractivity contribution in [3.8, 4) is 0 Å². The number of oxazole rings is 2. The van der Waals surface area contributed by atoms with E-state index in [9.17, 15) is 9.59 Å². The van der Waals surface area contributed by atoms with Crippen molar-refractivity contribution < 1.29 is 28.5 Å². The minimum Gasteiger partial charge on any atom is -0.448 e. The number of amides is 2. The number of hydroxylamine groups is 2. The average molecular weight is 845 g/mol. The van der Waals surface area contributed by atoms with Gasteiger partial charge < -0.3 is 19.5 Å². The molecule has 5 N–H and O–H groups in total. The zero-order chi connectivity index (χ0) is 42.3. The molecule has 0 radical (unpaired) electrons.